The zero-order valence-electron chi connectivity index (χ0n) is 16.9. The summed E-state index contributed by atoms with van der Waals surface area (Å²) in [6.07, 6.45) is 0. The van der Waals surface area contributed by atoms with Crippen molar-refractivity contribution in [2.45, 2.75) is 26.2 Å². The van der Waals surface area contributed by atoms with Crippen molar-refractivity contribution in [2.75, 3.05) is 6.61 Å². The quantitative estimate of drug-likeness (QED) is 0.666. The predicted molar refractivity (Wildman–Crippen MR) is 110 cm³/mol. The number of ether oxygens (including phenoxy) is 1. The van der Waals surface area contributed by atoms with Crippen molar-refractivity contribution >= 4 is 28.8 Å². The van der Waals surface area contributed by atoms with Crippen LogP contribution in [0, 0.1) is 0 Å². The van der Waals surface area contributed by atoms with E-state index in [9.17, 15) is 19.2 Å². The molecule has 154 valence electrons. The average molecular weight is 407 g/mol. The predicted octanol–water partition coefficient (Wildman–Crippen LogP) is 3.20. The van der Waals surface area contributed by atoms with E-state index in [-0.39, 0.29) is 16.8 Å². The summed E-state index contributed by atoms with van der Waals surface area (Å²) in [5.74, 6) is -2.70. The van der Waals surface area contributed by atoms with Gasteiger partial charge in [-0.2, -0.15) is 0 Å². The van der Waals surface area contributed by atoms with Crippen LogP contribution in [0.3, 0.4) is 0 Å². The van der Waals surface area contributed by atoms with E-state index < -0.39 is 29.8 Å². The van der Waals surface area contributed by atoms with Crippen LogP contribution in [-0.4, -0.2) is 24.4 Å². The molecule has 3 rings (SSSR count). The van der Waals surface area contributed by atoms with Gasteiger partial charge in [-0.05, 0) is 35.2 Å². The molecule has 0 atom stereocenters. The van der Waals surface area contributed by atoms with E-state index in [1.807, 2.05) is 12.1 Å². The van der Waals surface area contributed by atoms with Crippen molar-refractivity contribution in [1.82, 2.24) is 5.32 Å². The van der Waals surface area contributed by atoms with Gasteiger partial charge >= 0.3 is 5.97 Å². The second-order valence-electron chi connectivity index (χ2n) is 7.75. The van der Waals surface area contributed by atoms with Gasteiger partial charge in [0.25, 0.3) is 11.8 Å². The van der Waals surface area contributed by atoms with Gasteiger partial charge in [-0.15, -0.1) is 0 Å². The number of fused-ring (bicyclic) bond motifs is 1. The van der Waals surface area contributed by atoms with Crippen LogP contribution in [0.4, 0.5) is 0 Å². The van der Waals surface area contributed by atoms with Crippen LogP contribution >= 0.6 is 0 Å². The highest BCUT2D eigenvalue weighted by Gasteiger charge is 2.18. The Morgan fingerprint density at radius 2 is 1.67 bits per heavy atom. The van der Waals surface area contributed by atoms with Crippen molar-refractivity contribution in [3.63, 3.8) is 0 Å². The standard InChI is InChI=1S/C23H21NO6/c1-23(2,3)15-10-8-14(9-11-15)21(27)24-20(26)13-29-22(28)19-12-17(25)16-6-4-5-7-18(16)30-19/h4-12H,13H2,1-3H3,(H,24,26,27). The summed E-state index contributed by atoms with van der Waals surface area (Å²) < 4.78 is 10.2. The number of rotatable bonds is 4. The summed E-state index contributed by atoms with van der Waals surface area (Å²) in [7, 11) is 0. The van der Waals surface area contributed by atoms with Gasteiger partial charge in [-0.1, -0.05) is 45.0 Å². The van der Waals surface area contributed by atoms with Crippen LogP contribution in [-0.2, 0) is 14.9 Å². The number of amides is 2. The Morgan fingerprint density at radius 1 is 1.00 bits per heavy atom. The molecule has 7 heteroatoms. The third kappa shape index (κ3) is 4.81. The molecule has 0 saturated carbocycles. The summed E-state index contributed by atoms with van der Waals surface area (Å²) in [4.78, 5) is 48.3. The van der Waals surface area contributed by atoms with Crippen molar-refractivity contribution in [2.24, 2.45) is 0 Å². The number of hydrogen-bond donors (Lipinski definition) is 1. The molecule has 1 N–H and O–H groups in total. The van der Waals surface area contributed by atoms with Gasteiger partial charge in [0, 0.05) is 11.6 Å². The Bertz CT molecular complexity index is 1170. The minimum Gasteiger partial charge on any atom is -0.450 e. The largest absolute Gasteiger partial charge is 0.450 e. The molecular formula is C23H21NO6. The molecular weight excluding hydrogens is 386 g/mol. The normalized spacial score (nSPS) is 11.2. The first-order valence-electron chi connectivity index (χ1n) is 9.30. The number of nitrogens with one attached hydrogen (secondary N) is 1. The lowest BCUT2D eigenvalue weighted by atomic mass is 9.87. The van der Waals surface area contributed by atoms with Crippen LogP contribution in [0.15, 0.2) is 63.8 Å². The van der Waals surface area contributed by atoms with E-state index in [1.165, 1.54) is 0 Å². The fourth-order valence-electron chi connectivity index (χ4n) is 2.76. The lowest BCUT2D eigenvalue weighted by Gasteiger charge is -2.18. The highest BCUT2D eigenvalue weighted by molar-refractivity contribution is 6.05. The summed E-state index contributed by atoms with van der Waals surface area (Å²) in [6, 6.07) is 14.3. The van der Waals surface area contributed by atoms with E-state index in [4.69, 9.17) is 9.15 Å². The molecule has 0 fully saturated rings. The van der Waals surface area contributed by atoms with Crippen molar-refractivity contribution in [3.8, 4) is 0 Å². The SMILES string of the molecule is CC(C)(C)c1ccc(C(=O)NC(=O)COC(=O)c2cc(=O)c3ccccc3o2)cc1. The van der Waals surface area contributed by atoms with Gasteiger partial charge in [-0.25, -0.2) is 4.79 Å². The molecule has 0 aliphatic rings. The summed E-state index contributed by atoms with van der Waals surface area (Å²) in [5, 5.41) is 2.48. The first-order valence-corrected chi connectivity index (χ1v) is 9.30. The van der Waals surface area contributed by atoms with Crippen LogP contribution in [0.2, 0.25) is 0 Å². The highest BCUT2D eigenvalue weighted by atomic mass is 16.5. The first kappa shape index (κ1) is 21.0. The molecule has 0 spiro atoms. The third-order valence-corrected chi connectivity index (χ3v) is 4.44. The molecule has 0 saturated heterocycles. The second-order valence-corrected chi connectivity index (χ2v) is 7.75. The van der Waals surface area contributed by atoms with Gasteiger partial charge in [0.15, 0.2) is 12.0 Å². The Labute approximate surface area is 172 Å². The van der Waals surface area contributed by atoms with Gasteiger partial charge < -0.3 is 9.15 Å². The second kappa shape index (κ2) is 8.32. The first-order chi connectivity index (χ1) is 14.1. The Morgan fingerprint density at radius 3 is 2.33 bits per heavy atom. The van der Waals surface area contributed by atoms with Gasteiger partial charge in [0.1, 0.15) is 5.58 Å². The van der Waals surface area contributed by atoms with Crippen LogP contribution in [0.5, 0.6) is 0 Å². The number of benzene rings is 2. The van der Waals surface area contributed by atoms with Crippen molar-refractivity contribution in [1.29, 1.82) is 0 Å². The van der Waals surface area contributed by atoms with Crippen molar-refractivity contribution < 1.29 is 23.5 Å². The molecule has 1 heterocycles. The van der Waals surface area contributed by atoms with E-state index in [2.05, 4.69) is 26.1 Å². The maximum atomic E-state index is 12.2. The van der Waals surface area contributed by atoms with E-state index in [0.717, 1.165) is 11.6 Å². The lowest BCUT2D eigenvalue weighted by molar-refractivity contribution is -0.123. The monoisotopic (exact) mass is 407 g/mol. The van der Waals surface area contributed by atoms with Crippen molar-refractivity contribution in [3.05, 3.63) is 81.7 Å². The number of imide groups is 1. The molecule has 3 aromatic rings. The minimum atomic E-state index is -0.977. The molecule has 0 unspecified atom stereocenters. The fourth-order valence-corrected chi connectivity index (χ4v) is 2.76. The van der Waals surface area contributed by atoms with E-state index in [1.54, 1.807) is 36.4 Å². The fraction of sp³-hybridized carbons (Fsp3) is 0.217. The van der Waals surface area contributed by atoms with Crippen LogP contribution in [0.25, 0.3) is 11.0 Å². The zero-order chi connectivity index (χ0) is 21.9. The van der Waals surface area contributed by atoms with Gasteiger partial charge in [-0.3, -0.25) is 19.7 Å². The van der Waals surface area contributed by atoms with Gasteiger partial charge in [0.05, 0.1) is 5.39 Å². The topological polar surface area (TPSA) is 103 Å². The molecule has 0 aliphatic heterocycles. The van der Waals surface area contributed by atoms with Crippen LogP contribution in [0.1, 0.15) is 47.2 Å². The highest BCUT2D eigenvalue weighted by Crippen LogP contribution is 2.22. The molecule has 0 bridgehead atoms. The summed E-state index contributed by atoms with van der Waals surface area (Å²) >= 11 is 0. The summed E-state index contributed by atoms with van der Waals surface area (Å²) in [5.41, 5.74) is 1.13. The van der Waals surface area contributed by atoms with E-state index >= 15 is 0 Å². The minimum absolute atomic E-state index is 0.0587. The Kier molecular flexibility index (Phi) is 5.82. The molecule has 30 heavy (non-hydrogen) atoms. The molecule has 2 aromatic carbocycles. The summed E-state index contributed by atoms with van der Waals surface area (Å²) in [6.45, 7) is 5.47. The van der Waals surface area contributed by atoms with Gasteiger partial charge in [0.2, 0.25) is 5.76 Å². The number of esters is 1. The molecule has 2 amide bonds. The Hall–Kier alpha value is -3.74. The smallest absolute Gasteiger partial charge is 0.374 e. The number of carbonyl (C=O) groups excluding carboxylic acids is 3. The number of hydrogen-bond acceptors (Lipinski definition) is 6. The lowest BCUT2D eigenvalue weighted by Crippen LogP contribution is -2.34. The molecule has 7 nitrogen and oxygen atoms in total. The third-order valence-electron chi connectivity index (χ3n) is 4.44. The maximum Gasteiger partial charge on any atom is 0.374 e. The van der Waals surface area contributed by atoms with E-state index in [0.29, 0.717) is 10.9 Å². The Balaban J connectivity index is 1.59. The number of carbonyl (C=O) groups is 3. The van der Waals surface area contributed by atoms with Crippen LogP contribution < -0.4 is 10.7 Å². The zero-order valence-corrected chi connectivity index (χ0v) is 16.9. The molecule has 0 aliphatic carbocycles. The maximum absolute atomic E-state index is 12.2. The average Bonchev–Trinajstić information content (AvgIpc) is 2.71. The number of para-hydroxylation sites is 1. The molecule has 0 radical (unpaired) electrons. The molecule has 1 aromatic heterocycles.